The molecule has 1 fully saturated rings. The van der Waals surface area contributed by atoms with Gasteiger partial charge in [0.05, 0.1) is 17.4 Å². The van der Waals surface area contributed by atoms with Gasteiger partial charge in [0.15, 0.2) is 5.82 Å². The van der Waals surface area contributed by atoms with Crippen molar-refractivity contribution in [3.63, 3.8) is 0 Å². The summed E-state index contributed by atoms with van der Waals surface area (Å²) in [6.07, 6.45) is 10.2. The minimum absolute atomic E-state index is 0.493. The fraction of sp³-hybridized carbons (Fsp3) is 0.320. The Morgan fingerprint density at radius 2 is 2.00 bits per heavy atom. The van der Waals surface area contributed by atoms with Crippen LogP contribution in [-0.4, -0.2) is 55.0 Å². The van der Waals surface area contributed by atoms with Gasteiger partial charge in [-0.1, -0.05) is 24.8 Å². The van der Waals surface area contributed by atoms with Gasteiger partial charge in [0.25, 0.3) is 0 Å². The Morgan fingerprint density at radius 3 is 2.72 bits per heavy atom. The quantitative estimate of drug-likeness (QED) is 0.457. The van der Waals surface area contributed by atoms with Gasteiger partial charge in [-0.05, 0) is 69.1 Å². The molecule has 0 unspecified atom stereocenters. The summed E-state index contributed by atoms with van der Waals surface area (Å²) in [5.74, 6) is 1.28. The zero-order valence-corrected chi connectivity index (χ0v) is 18.9. The second-order valence-electron chi connectivity index (χ2n) is 8.73. The summed E-state index contributed by atoms with van der Waals surface area (Å²) in [4.78, 5) is 10.9. The van der Waals surface area contributed by atoms with Crippen molar-refractivity contribution in [2.75, 3.05) is 20.1 Å². The lowest BCUT2D eigenvalue weighted by atomic mass is 9.86. The van der Waals surface area contributed by atoms with Crippen molar-refractivity contribution in [1.82, 2.24) is 34.8 Å². The van der Waals surface area contributed by atoms with Crippen molar-refractivity contribution >= 4 is 16.5 Å². The van der Waals surface area contributed by atoms with Gasteiger partial charge in [-0.25, -0.2) is 4.98 Å². The van der Waals surface area contributed by atoms with E-state index in [0.717, 1.165) is 70.9 Å². The SMILES string of the molecule is C=C/C=C(\c1nc(-c2n[nH]c3ccc(-c4cnn(C)c4)cc23)[nH]c1C)C1CCN(C)CC1. The van der Waals surface area contributed by atoms with Crippen LogP contribution in [0.2, 0.25) is 0 Å². The normalized spacial score (nSPS) is 16.2. The maximum atomic E-state index is 5.04. The third kappa shape index (κ3) is 3.69. The van der Waals surface area contributed by atoms with E-state index in [4.69, 9.17) is 4.98 Å². The third-order valence-corrected chi connectivity index (χ3v) is 6.44. The van der Waals surface area contributed by atoms with Gasteiger partial charge in [0.2, 0.25) is 0 Å². The van der Waals surface area contributed by atoms with Gasteiger partial charge in [0.1, 0.15) is 5.69 Å². The van der Waals surface area contributed by atoms with Crippen LogP contribution in [0.15, 0.2) is 49.3 Å². The summed E-state index contributed by atoms with van der Waals surface area (Å²) in [6, 6.07) is 6.30. The second-order valence-corrected chi connectivity index (χ2v) is 8.73. The number of nitrogens with zero attached hydrogens (tertiary/aromatic N) is 5. The van der Waals surface area contributed by atoms with Crippen molar-refractivity contribution in [3.05, 3.63) is 60.7 Å². The molecular weight excluding hydrogens is 398 g/mol. The van der Waals surface area contributed by atoms with Crippen molar-refractivity contribution in [2.24, 2.45) is 13.0 Å². The summed E-state index contributed by atoms with van der Waals surface area (Å²) in [6.45, 7) is 8.26. The van der Waals surface area contributed by atoms with Gasteiger partial charge in [0, 0.05) is 29.9 Å². The van der Waals surface area contributed by atoms with E-state index in [1.165, 1.54) is 5.57 Å². The molecule has 0 radical (unpaired) electrons. The molecule has 32 heavy (non-hydrogen) atoms. The van der Waals surface area contributed by atoms with E-state index >= 15 is 0 Å². The van der Waals surface area contributed by atoms with Crippen molar-refractivity contribution in [2.45, 2.75) is 19.8 Å². The van der Waals surface area contributed by atoms with Crippen LogP contribution in [0.1, 0.15) is 24.2 Å². The number of benzene rings is 1. The lowest BCUT2D eigenvalue weighted by Crippen LogP contribution is -2.30. The van der Waals surface area contributed by atoms with E-state index < -0.39 is 0 Å². The van der Waals surface area contributed by atoms with Crippen LogP contribution in [0.25, 0.3) is 39.1 Å². The first-order chi connectivity index (χ1) is 15.5. The topological polar surface area (TPSA) is 78.4 Å². The highest BCUT2D eigenvalue weighted by Crippen LogP contribution is 2.35. The van der Waals surface area contributed by atoms with Crippen LogP contribution in [-0.2, 0) is 7.05 Å². The minimum atomic E-state index is 0.493. The molecule has 0 atom stereocenters. The number of fused-ring (bicyclic) bond motifs is 1. The average Bonchev–Trinajstić information content (AvgIpc) is 3.50. The number of aryl methyl sites for hydroxylation is 2. The zero-order chi connectivity index (χ0) is 22.2. The fourth-order valence-corrected chi connectivity index (χ4v) is 4.65. The lowest BCUT2D eigenvalue weighted by Gasteiger charge is -2.30. The Bertz CT molecular complexity index is 1300. The number of nitrogens with one attached hydrogen (secondary N) is 2. The summed E-state index contributed by atoms with van der Waals surface area (Å²) in [7, 11) is 4.12. The van der Waals surface area contributed by atoms with Gasteiger partial charge < -0.3 is 9.88 Å². The third-order valence-electron chi connectivity index (χ3n) is 6.44. The summed E-state index contributed by atoms with van der Waals surface area (Å²) < 4.78 is 1.81. The maximum Gasteiger partial charge on any atom is 0.159 e. The Kier molecular flexibility index (Phi) is 5.27. The predicted octanol–water partition coefficient (Wildman–Crippen LogP) is 4.57. The van der Waals surface area contributed by atoms with Crippen LogP contribution < -0.4 is 0 Å². The van der Waals surface area contributed by atoms with Crippen LogP contribution in [0, 0.1) is 12.8 Å². The Labute approximate surface area is 187 Å². The van der Waals surface area contributed by atoms with Crippen molar-refractivity contribution in [3.8, 4) is 22.6 Å². The first-order valence-electron chi connectivity index (χ1n) is 11.1. The number of allylic oxidation sites excluding steroid dienone is 3. The van der Waals surface area contributed by atoms with Crippen molar-refractivity contribution < 1.29 is 0 Å². The molecule has 2 N–H and O–H groups in total. The molecule has 0 saturated carbocycles. The second kappa shape index (κ2) is 8.24. The highest BCUT2D eigenvalue weighted by atomic mass is 15.2. The van der Waals surface area contributed by atoms with Gasteiger partial charge >= 0.3 is 0 Å². The van der Waals surface area contributed by atoms with Crippen molar-refractivity contribution in [1.29, 1.82) is 0 Å². The summed E-state index contributed by atoms with van der Waals surface area (Å²) in [5.41, 5.74) is 7.36. The number of hydrogen-bond donors (Lipinski definition) is 2. The molecule has 0 bridgehead atoms. The molecule has 4 aromatic rings. The molecule has 1 aliphatic rings. The van der Waals surface area contributed by atoms with Crippen LogP contribution in [0.5, 0.6) is 0 Å². The monoisotopic (exact) mass is 427 g/mol. The smallest absolute Gasteiger partial charge is 0.159 e. The van der Waals surface area contributed by atoms with E-state index in [0.29, 0.717) is 5.92 Å². The number of rotatable bonds is 5. The highest BCUT2D eigenvalue weighted by Gasteiger charge is 2.25. The van der Waals surface area contributed by atoms with E-state index in [9.17, 15) is 0 Å². The summed E-state index contributed by atoms with van der Waals surface area (Å²) >= 11 is 0. The van der Waals surface area contributed by atoms with Gasteiger partial charge in [-0.15, -0.1) is 0 Å². The van der Waals surface area contributed by atoms with E-state index in [1.54, 1.807) is 0 Å². The molecule has 1 aromatic carbocycles. The Morgan fingerprint density at radius 1 is 1.19 bits per heavy atom. The van der Waals surface area contributed by atoms with Crippen LogP contribution in [0.4, 0.5) is 0 Å². The zero-order valence-electron chi connectivity index (χ0n) is 18.9. The standard InChI is InChI=1S/C25H29N7/c1-5-6-20(17-9-11-31(3)12-10-17)23-16(2)27-25(28-23)24-21-13-18(7-8-22(21)29-30-24)19-14-26-32(4)15-19/h5-8,13-15,17H,1,9-12H2,2-4H3,(H,27,28)(H,29,30)/b20-6-. The molecule has 1 saturated heterocycles. The molecule has 164 valence electrons. The predicted molar refractivity (Wildman–Crippen MR) is 129 cm³/mol. The number of aromatic nitrogens is 6. The van der Waals surface area contributed by atoms with Gasteiger partial charge in [-0.3, -0.25) is 9.78 Å². The van der Waals surface area contributed by atoms with Crippen LogP contribution in [0.3, 0.4) is 0 Å². The molecule has 1 aliphatic heterocycles. The largest absolute Gasteiger partial charge is 0.340 e. The maximum absolute atomic E-state index is 5.04. The lowest BCUT2D eigenvalue weighted by molar-refractivity contribution is 0.248. The number of imidazole rings is 1. The molecule has 0 spiro atoms. The van der Waals surface area contributed by atoms with E-state index in [2.05, 4.69) is 70.0 Å². The molecule has 7 nitrogen and oxygen atoms in total. The fourth-order valence-electron chi connectivity index (χ4n) is 4.65. The number of piperidine rings is 1. The number of hydrogen-bond acceptors (Lipinski definition) is 4. The molecule has 4 heterocycles. The minimum Gasteiger partial charge on any atom is -0.340 e. The Hall–Kier alpha value is -3.45. The molecule has 3 aromatic heterocycles. The highest BCUT2D eigenvalue weighted by molar-refractivity contribution is 5.94. The molecule has 0 amide bonds. The van der Waals surface area contributed by atoms with E-state index in [-0.39, 0.29) is 0 Å². The Balaban J connectivity index is 1.54. The number of aromatic amines is 2. The first kappa shape index (κ1) is 20.5. The van der Waals surface area contributed by atoms with Gasteiger partial charge in [-0.2, -0.15) is 10.2 Å². The number of likely N-dealkylation sites (tertiary alicyclic amines) is 1. The average molecular weight is 428 g/mol. The van der Waals surface area contributed by atoms with E-state index in [1.807, 2.05) is 30.2 Å². The van der Waals surface area contributed by atoms with Crippen LogP contribution >= 0.6 is 0 Å². The summed E-state index contributed by atoms with van der Waals surface area (Å²) in [5, 5.41) is 13.1. The number of H-pyrrole nitrogens is 2. The molecule has 5 rings (SSSR count). The first-order valence-corrected chi connectivity index (χ1v) is 11.1. The molecule has 7 heteroatoms. The molecule has 0 aliphatic carbocycles. The molecular formula is C25H29N7.